The highest BCUT2D eigenvalue weighted by Gasteiger charge is 2.17. The number of carbonyl (C=O) groups excluding carboxylic acids is 1. The van der Waals surface area contributed by atoms with E-state index in [0.717, 1.165) is 16.8 Å². The van der Waals surface area contributed by atoms with Gasteiger partial charge in [0.25, 0.3) is 0 Å². The van der Waals surface area contributed by atoms with Crippen LogP contribution in [0.2, 0.25) is 0 Å². The van der Waals surface area contributed by atoms with Gasteiger partial charge >= 0.3 is 0 Å². The zero-order valence-corrected chi connectivity index (χ0v) is 8.32. The van der Waals surface area contributed by atoms with Gasteiger partial charge in [-0.2, -0.15) is 0 Å². The normalized spacial score (nSPS) is 16.0. The van der Waals surface area contributed by atoms with E-state index in [1.54, 1.807) is 18.1 Å². The highest BCUT2D eigenvalue weighted by molar-refractivity contribution is 5.84. The maximum absolute atomic E-state index is 11.6. The van der Waals surface area contributed by atoms with Gasteiger partial charge in [-0.25, -0.2) is 0 Å². The number of nitrogens with zero attached hydrogens (tertiary/aromatic N) is 2. The zero-order chi connectivity index (χ0) is 10.1. The third-order valence-corrected chi connectivity index (χ3v) is 2.41. The maximum Gasteiger partial charge on any atom is 0.232 e. The molecule has 0 aromatic carbocycles. The summed E-state index contributed by atoms with van der Waals surface area (Å²) in [5.41, 5.74) is 3.03. The second kappa shape index (κ2) is 3.25. The smallest absolute Gasteiger partial charge is 0.232 e. The van der Waals surface area contributed by atoms with E-state index in [-0.39, 0.29) is 5.91 Å². The molecular weight excluding hydrogens is 176 g/mol. The first-order valence-corrected chi connectivity index (χ1v) is 4.57. The Bertz CT molecular complexity index is 410. The summed E-state index contributed by atoms with van der Waals surface area (Å²) in [6, 6.07) is 3.90. The summed E-state index contributed by atoms with van der Waals surface area (Å²) in [7, 11) is 1.78. The van der Waals surface area contributed by atoms with E-state index in [9.17, 15) is 4.79 Å². The van der Waals surface area contributed by atoms with E-state index in [1.165, 1.54) is 0 Å². The number of fused-ring (bicyclic) bond motifs is 1. The molecule has 0 unspecified atom stereocenters. The molecule has 0 spiro atoms. The van der Waals surface area contributed by atoms with Crippen LogP contribution in [-0.2, 0) is 11.2 Å². The van der Waals surface area contributed by atoms with Crippen molar-refractivity contribution in [1.82, 2.24) is 9.88 Å². The van der Waals surface area contributed by atoms with Gasteiger partial charge in [0.15, 0.2) is 0 Å². The standard InChI is InChI=1S/C11H12N2O/c1-8-7-13(2)11(14)6-10-9(8)4-3-5-12-10/h3-5,7H,6H2,1-2H3. The fraction of sp³-hybridized carbons (Fsp3) is 0.273. The van der Waals surface area contributed by atoms with Crippen molar-refractivity contribution in [3.8, 4) is 0 Å². The monoisotopic (exact) mass is 188 g/mol. The fourth-order valence-electron chi connectivity index (χ4n) is 1.64. The van der Waals surface area contributed by atoms with E-state index in [1.807, 2.05) is 25.3 Å². The lowest BCUT2D eigenvalue weighted by atomic mass is 10.1. The molecule has 1 amide bonds. The third-order valence-electron chi connectivity index (χ3n) is 2.41. The molecule has 0 saturated carbocycles. The Morgan fingerprint density at radius 2 is 2.29 bits per heavy atom. The van der Waals surface area contributed by atoms with Gasteiger partial charge < -0.3 is 4.90 Å². The van der Waals surface area contributed by atoms with Crippen molar-refractivity contribution in [1.29, 1.82) is 0 Å². The van der Waals surface area contributed by atoms with Crippen LogP contribution in [0.5, 0.6) is 0 Å². The second-order valence-electron chi connectivity index (χ2n) is 3.49. The minimum Gasteiger partial charge on any atom is -0.322 e. The van der Waals surface area contributed by atoms with E-state index in [4.69, 9.17) is 0 Å². The summed E-state index contributed by atoms with van der Waals surface area (Å²) in [4.78, 5) is 17.4. The predicted molar refractivity (Wildman–Crippen MR) is 54.4 cm³/mol. The van der Waals surface area contributed by atoms with Crippen LogP contribution < -0.4 is 0 Å². The van der Waals surface area contributed by atoms with Gasteiger partial charge in [0, 0.05) is 25.0 Å². The van der Waals surface area contributed by atoms with Gasteiger partial charge in [-0.15, -0.1) is 0 Å². The van der Waals surface area contributed by atoms with Crippen molar-refractivity contribution in [2.24, 2.45) is 0 Å². The van der Waals surface area contributed by atoms with E-state index in [0.29, 0.717) is 6.42 Å². The Morgan fingerprint density at radius 1 is 1.50 bits per heavy atom. The fourth-order valence-corrected chi connectivity index (χ4v) is 1.64. The summed E-state index contributed by atoms with van der Waals surface area (Å²) >= 11 is 0. The average molecular weight is 188 g/mol. The molecule has 0 N–H and O–H groups in total. The van der Waals surface area contributed by atoms with Crippen LogP contribution in [0.3, 0.4) is 0 Å². The molecule has 3 heteroatoms. The van der Waals surface area contributed by atoms with Crippen LogP contribution in [0, 0.1) is 0 Å². The topological polar surface area (TPSA) is 33.2 Å². The van der Waals surface area contributed by atoms with Crippen molar-refractivity contribution >= 4 is 11.5 Å². The Labute approximate surface area is 83.1 Å². The van der Waals surface area contributed by atoms with Gasteiger partial charge in [0.1, 0.15) is 0 Å². The molecule has 1 aliphatic rings. The summed E-state index contributed by atoms with van der Waals surface area (Å²) in [6.07, 6.45) is 3.97. The Hall–Kier alpha value is -1.64. The van der Waals surface area contributed by atoms with Crippen LogP contribution >= 0.6 is 0 Å². The van der Waals surface area contributed by atoms with Gasteiger partial charge in [0.05, 0.1) is 12.1 Å². The number of hydrogen-bond donors (Lipinski definition) is 0. The molecule has 0 aliphatic carbocycles. The summed E-state index contributed by atoms with van der Waals surface area (Å²) in [5.74, 6) is 0.0850. The number of pyridine rings is 1. The molecule has 2 heterocycles. The zero-order valence-electron chi connectivity index (χ0n) is 8.32. The van der Waals surface area contributed by atoms with E-state index >= 15 is 0 Å². The van der Waals surface area contributed by atoms with E-state index in [2.05, 4.69) is 4.98 Å². The number of rotatable bonds is 0. The van der Waals surface area contributed by atoms with Crippen LogP contribution in [-0.4, -0.2) is 22.8 Å². The third kappa shape index (κ3) is 1.41. The number of amides is 1. The maximum atomic E-state index is 11.6. The molecule has 1 aromatic heterocycles. The Morgan fingerprint density at radius 3 is 3.07 bits per heavy atom. The van der Waals surface area contributed by atoms with Gasteiger partial charge in [-0.05, 0) is 18.6 Å². The highest BCUT2D eigenvalue weighted by Crippen LogP contribution is 2.21. The predicted octanol–water partition coefficient (Wildman–Crippen LogP) is 1.46. The molecule has 3 nitrogen and oxygen atoms in total. The first-order valence-electron chi connectivity index (χ1n) is 4.57. The Kier molecular flexibility index (Phi) is 2.08. The minimum absolute atomic E-state index is 0.0850. The summed E-state index contributed by atoms with van der Waals surface area (Å²) < 4.78 is 0. The molecule has 1 aliphatic heterocycles. The Balaban J connectivity index is 2.55. The highest BCUT2D eigenvalue weighted by atomic mass is 16.2. The molecule has 2 rings (SSSR count). The van der Waals surface area contributed by atoms with E-state index < -0.39 is 0 Å². The number of allylic oxidation sites excluding steroid dienone is 1. The lowest BCUT2D eigenvalue weighted by Crippen LogP contribution is -2.21. The SMILES string of the molecule is CC1=CN(C)C(=O)Cc2ncccc21. The molecular formula is C11H12N2O. The number of hydrogen-bond acceptors (Lipinski definition) is 2. The van der Waals surface area contributed by atoms with Gasteiger partial charge in [0.2, 0.25) is 5.91 Å². The van der Waals surface area contributed by atoms with Crippen molar-refractivity contribution in [3.05, 3.63) is 35.8 Å². The number of carbonyl (C=O) groups is 1. The largest absolute Gasteiger partial charge is 0.322 e. The number of likely N-dealkylation sites (N-methyl/N-ethyl adjacent to an activating group) is 1. The first kappa shape index (κ1) is 8.94. The lowest BCUT2D eigenvalue weighted by molar-refractivity contribution is -0.126. The summed E-state index contributed by atoms with van der Waals surface area (Å²) in [5, 5.41) is 0. The lowest BCUT2D eigenvalue weighted by Gasteiger charge is -2.08. The molecule has 0 saturated heterocycles. The van der Waals surface area contributed by atoms with Crippen molar-refractivity contribution in [3.63, 3.8) is 0 Å². The first-order chi connectivity index (χ1) is 6.68. The van der Waals surface area contributed by atoms with Crippen LogP contribution in [0.1, 0.15) is 18.2 Å². The van der Waals surface area contributed by atoms with Crippen LogP contribution in [0.15, 0.2) is 24.5 Å². The summed E-state index contributed by atoms with van der Waals surface area (Å²) in [6.45, 7) is 2.00. The molecule has 1 aromatic rings. The van der Waals surface area contributed by atoms with Crippen molar-refractivity contribution in [2.75, 3.05) is 7.05 Å². The van der Waals surface area contributed by atoms with Crippen molar-refractivity contribution in [2.45, 2.75) is 13.3 Å². The van der Waals surface area contributed by atoms with Gasteiger partial charge in [-0.1, -0.05) is 6.07 Å². The molecule has 0 radical (unpaired) electrons. The molecule has 0 fully saturated rings. The minimum atomic E-state index is 0.0850. The van der Waals surface area contributed by atoms with Crippen LogP contribution in [0.4, 0.5) is 0 Å². The van der Waals surface area contributed by atoms with Gasteiger partial charge in [-0.3, -0.25) is 9.78 Å². The molecule has 14 heavy (non-hydrogen) atoms. The quantitative estimate of drug-likeness (QED) is 0.617. The molecule has 0 atom stereocenters. The van der Waals surface area contributed by atoms with Crippen LogP contribution in [0.25, 0.3) is 5.57 Å². The number of aromatic nitrogens is 1. The average Bonchev–Trinajstić information content (AvgIpc) is 2.27. The molecule has 72 valence electrons. The second-order valence-corrected chi connectivity index (χ2v) is 3.49. The van der Waals surface area contributed by atoms with Crippen molar-refractivity contribution < 1.29 is 4.79 Å². The molecule has 0 bridgehead atoms.